The van der Waals surface area contributed by atoms with Crippen molar-refractivity contribution in [3.05, 3.63) is 82.6 Å². The number of aromatic hydroxyl groups is 1. The lowest BCUT2D eigenvalue weighted by molar-refractivity contribution is 0.0336. The number of aliphatic hydroxyl groups excluding tert-OH is 2. The van der Waals surface area contributed by atoms with Gasteiger partial charge >= 0.3 is 0 Å². The van der Waals surface area contributed by atoms with Gasteiger partial charge in [0.1, 0.15) is 5.75 Å². The Labute approximate surface area is 176 Å². The van der Waals surface area contributed by atoms with Gasteiger partial charge in [0.05, 0.1) is 12.2 Å². The lowest BCUT2D eigenvalue weighted by atomic mass is 9.90. The normalized spacial score (nSPS) is 15.2. The van der Waals surface area contributed by atoms with Crippen molar-refractivity contribution in [1.82, 2.24) is 0 Å². The summed E-state index contributed by atoms with van der Waals surface area (Å²) < 4.78 is 0. The molecule has 3 aromatic rings. The largest absolute Gasteiger partial charge is 0.507 e. The average Bonchev–Trinajstić information content (AvgIpc) is 3.28. The monoisotopic (exact) mass is 408 g/mol. The van der Waals surface area contributed by atoms with Gasteiger partial charge in [0, 0.05) is 16.2 Å². The minimum absolute atomic E-state index is 0.280. The van der Waals surface area contributed by atoms with E-state index in [1.807, 2.05) is 47.8 Å². The molecule has 3 N–H and O–H groups in total. The topological polar surface area (TPSA) is 60.7 Å². The number of hydrogen-bond donors (Lipinski definition) is 3. The zero-order valence-electron chi connectivity index (χ0n) is 16.7. The first-order valence-corrected chi connectivity index (χ1v) is 10.8. The van der Waals surface area contributed by atoms with E-state index in [0.717, 1.165) is 34.1 Å². The molecule has 1 aromatic heterocycles. The van der Waals surface area contributed by atoms with Crippen LogP contribution < -0.4 is 0 Å². The van der Waals surface area contributed by atoms with Crippen molar-refractivity contribution < 1.29 is 15.3 Å². The van der Waals surface area contributed by atoms with Gasteiger partial charge in [-0.3, -0.25) is 0 Å². The van der Waals surface area contributed by atoms with Crippen molar-refractivity contribution >= 4 is 28.2 Å². The van der Waals surface area contributed by atoms with E-state index in [1.165, 1.54) is 16.9 Å². The lowest BCUT2D eigenvalue weighted by Gasteiger charge is -2.24. The van der Waals surface area contributed by atoms with Crippen LogP contribution in [0.5, 0.6) is 5.75 Å². The van der Waals surface area contributed by atoms with Crippen molar-refractivity contribution in [3.63, 3.8) is 0 Å². The van der Waals surface area contributed by atoms with Crippen LogP contribution in [0.25, 0.3) is 16.8 Å². The van der Waals surface area contributed by atoms with Crippen LogP contribution in [-0.4, -0.2) is 21.4 Å². The third kappa shape index (κ3) is 4.96. The second kappa shape index (κ2) is 9.88. The molecule has 152 valence electrons. The lowest BCUT2D eigenvalue weighted by Crippen LogP contribution is -2.24. The second-order valence-corrected chi connectivity index (χ2v) is 8.23. The molecule has 3 atom stereocenters. The standard InChI is InChI=1S/C25H28O3S/c1-3-17(16-18-12-14-23(27)21-9-6-5-8-20(18)21)11-13-22(26)19(4-2)25(28)24-10-7-15-29-24/h4-10,12,14-16,19,22,25-28H,2-3,11,13H2,1H3/b17-16+/t19-,22-,25+/m1/s1. The number of phenolic OH excluding ortho intramolecular Hbond substituents is 1. The first-order chi connectivity index (χ1) is 14.0. The summed E-state index contributed by atoms with van der Waals surface area (Å²) in [4.78, 5) is 0.843. The SMILES string of the molecule is C=C[C@H]([C@H](O)CC/C(=C/c1ccc(O)c2ccccc12)CC)[C@H](O)c1cccs1. The van der Waals surface area contributed by atoms with Gasteiger partial charge in [0.25, 0.3) is 0 Å². The van der Waals surface area contributed by atoms with E-state index in [9.17, 15) is 15.3 Å². The number of hydrogen-bond acceptors (Lipinski definition) is 4. The van der Waals surface area contributed by atoms with Gasteiger partial charge in [-0.15, -0.1) is 17.9 Å². The Balaban J connectivity index is 1.75. The Morgan fingerprint density at radius 1 is 1.07 bits per heavy atom. The summed E-state index contributed by atoms with van der Waals surface area (Å²) in [6.07, 6.45) is 4.54. The molecule has 1 heterocycles. The quantitative estimate of drug-likeness (QED) is 0.376. The molecule has 3 rings (SSSR count). The number of fused-ring (bicyclic) bond motifs is 1. The minimum Gasteiger partial charge on any atom is -0.507 e. The van der Waals surface area contributed by atoms with Crippen LogP contribution in [0.1, 0.15) is 42.7 Å². The highest BCUT2D eigenvalue weighted by Crippen LogP contribution is 2.32. The molecule has 0 fully saturated rings. The van der Waals surface area contributed by atoms with Crippen LogP contribution in [-0.2, 0) is 0 Å². The van der Waals surface area contributed by atoms with Gasteiger partial charge in [0.2, 0.25) is 0 Å². The fraction of sp³-hybridized carbons (Fsp3) is 0.280. The van der Waals surface area contributed by atoms with Gasteiger partial charge in [-0.05, 0) is 47.7 Å². The highest BCUT2D eigenvalue weighted by molar-refractivity contribution is 7.10. The Morgan fingerprint density at radius 2 is 1.83 bits per heavy atom. The van der Waals surface area contributed by atoms with Gasteiger partial charge < -0.3 is 15.3 Å². The highest BCUT2D eigenvalue weighted by Gasteiger charge is 2.26. The summed E-state index contributed by atoms with van der Waals surface area (Å²) >= 11 is 1.48. The van der Waals surface area contributed by atoms with E-state index < -0.39 is 18.1 Å². The molecule has 0 amide bonds. The molecule has 0 bridgehead atoms. The van der Waals surface area contributed by atoms with Crippen molar-refractivity contribution in [2.45, 2.75) is 38.4 Å². The highest BCUT2D eigenvalue weighted by atomic mass is 32.1. The summed E-state index contributed by atoms with van der Waals surface area (Å²) in [5.41, 5.74) is 2.27. The molecule has 0 spiro atoms. The fourth-order valence-corrected chi connectivity index (χ4v) is 4.44. The van der Waals surface area contributed by atoms with Crippen molar-refractivity contribution in [1.29, 1.82) is 0 Å². The summed E-state index contributed by atoms with van der Waals surface area (Å²) in [5, 5.41) is 35.2. The van der Waals surface area contributed by atoms with Crippen LogP contribution in [0.15, 0.2) is 72.1 Å². The van der Waals surface area contributed by atoms with Crippen LogP contribution in [0.3, 0.4) is 0 Å². The van der Waals surface area contributed by atoms with Crippen LogP contribution in [0.4, 0.5) is 0 Å². The zero-order chi connectivity index (χ0) is 20.8. The first-order valence-electron chi connectivity index (χ1n) is 9.97. The van der Waals surface area contributed by atoms with E-state index in [1.54, 1.807) is 12.1 Å². The Morgan fingerprint density at radius 3 is 2.48 bits per heavy atom. The summed E-state index contributed by atoms with van der Waals surface area (Å²) in [5.74, 6) is -0.121. The van der Waals surface area contributed by atoms with Gasteiger partial charge in [-0.25, -0.2) is 0 Å². The summed E-state index contributed by atoms with van der Waals surface area (Å²) in [6, 6.07) is 15.2. The molecule has 0 aliphatic rings. The van der Waals surface area contributed by atoms with Crippen LogP contribution in [0.2, 0.25) is 0 Å². The van der Waals surface area contributed by atoms with E-state index >= 15 is 0 Å². The Hall–Kier alpha value is -2.40. The number of rotatable bonds is 9. The predicted molar refractivity (Wildman–Crippen MR) is 122 cm³/mol. The number of aliphatic hydroxyl groups is 2. The smallest absolute Gasteiger partial charge is 0.123 e. The molecule has 29 heavy (non-hydrogen) atoms. The van der Waals surface area contributed by atoms with E-state index in [2.05, 4.69) is 19.6 Å². The Bertz CT molecular complexity index is 975. The average molecular weight is 409 g/mol. The van der Waals surface area contributed by atoms with E-state index in [4.69, 9.17) is 0 Å². The third-order valence-corrected chi connectivity index (χ3v) is 6.37. The Kier molecular flexibility index (Phi) is 7.26. The molecular formula is C25H28O3S. The number of allylic oxidation sites excluding steroid dienone is 1. The second-order valence-electron chi connectivity index (χ2n) is 7.25. The fourth-order valence-electron chi connectivity index (χ4n) is 3.67. The van der Waals surface area contributed by atoms with Gasteiger partial charge in [0.15, 0.2) is 0 Å². The maximum absolute atomic E-state index is 10.7. The molecule has 0 saturated carbocycles. The predicted octanol–water partition coefficient (Wildman–Crippen LogP) is 6.08. The van der Waals surface area contributed by atoms with E-state index in [-0.39, 0.29) is 5.75 Å². The molecule has 0 saturated heterocycles. The first kappa shape index (κ1) is 21.3. The molecule has 0 aliphatic carbocycles. The molecule has 4 heteroatoms. The van der Waals surface area contributed by atoms with Crippen LogP contribution in [0, 0.1) is 5.92 Å². The third-order valence-electron chi connectivity index (χ3n) is 5.43. The minimum atomic E-state index is -0.738. The number of thiophene rings is 1. The van der Waals surface area contributed by atoms with Crippen molar-refractivity contribution in [2.75, 3.05) is 0 Å². The summed E-state index contributed by atoms with van der Waals surface area (Å²) in [7, 11) is 0. The maximum atomic E-state index is 10.7. The molecule has 0 aliphatic heterocycles. The molecular weight excluding hydrogens is 380 g/mol. The zero-order valence-corrected chi connectivity index (χ0v) is 17.5. The molecule has 2 aromatic carbocycles. The maximum Gasteiger partial charge on any atom is 0.123 e. The van der Waals surface area contributed by atoms with Crippen molar-refractivity contribution in [3.8, 4) is 5.75 Å². The number of benzene rings is 2. The molecule has 0 unspecified atom stereocenters. The van der Waals surface area contributed by atoms with Gasteiger partial charge in [-0.1, -0.05) is 61.0 Å². The van der Waals surface area contributed by atoms with Crippen molar-refractivity contribution in [2.24, 2.45) is 5.92 Å². The molecule has 0 radical (unpaired) electrons. The summed E-state index contributed by atoms with van der Waals surface area (Å²) in [6.45, 7) is 5.92. The van der Waals surface area contributed by atoms with Crippen LogP contribution >= 0.6 is 11.3 Å². The molecule has 3 nitrogen and oxygen atoms in total. The van der Waals surface area contributed by atoms with Gasteiger partial charge in [-0.2, -0.15) is 0 Å². The number of phenols is 1. The van der Waals surface area contributed by atoms with E-state index in [0.29, 0.717) is 6.42 Å².